The summed E-state index contributed by atoms with van der Waals surface area (Å²) in [6.45, 7) is 8.15. The second-order valence-electron chi connectivity index (χ2n) is 9.77. The smallest absolute Gasteiger partial charge is 0.369 e. The monoisotopic (exact) mass is 515 g/mol. The molecular weight excluding hydrogens is 484 g/mol. The molecule has 2 fully saturated rings. The van der Waals surface area contributed by atoms with Crippen molar-refractivity contribution in [1.29, 1.82) is 0 Å². The molecule has 4 rings (SSSR count). The molecule has 36 heavy (non-hydrogen) atoms. The van der Waals surface area contributed by atoms with Crippen molar-refractivity contribution >= 4 is 0 Å². The summed E-state index contributed by atoms with van der Waals surface area (Å²) in [5, 5.41) is 13.0. The lowest BCUT2D eigenvalue weighted by Crippen LogP contribution is -2.53. The second kappa shape index (κ2) is 10.7. The molecule has 0 radical (unpaired) electrons. The van der Waals surface area contributed by atoms with Crippen molar-refractivity contribution in [1.82, 2.24) is 15.1 Å². The van der Waals surface area contributed by atoms with Crippen LogP contribution in [-0.2, 0) is 12.1 Å². The van der Waals surface area contributed by atoms with Gasteiger partial charge in [-0.15, -0.1) is 0 Å². The number of nitrogens with zero attached hydrogens (tertiary/aromatic N) is 2. The first-order valence-electron chi connectivity index (χ1n) is 12.2. The van der Waals surface area contributed by atoms with Crippen molar-refractivity contribution in [3.05, 3.63) is 59.7 Å². The van der Waals surface area contributed by atoms with E-state index in [9.17, 15) is 31.4 Å². The van der Waals surface area contributed by atoms with Gasteiger partial charge in [0.05, 0.1) is 0 Å². The minimum absolute atomic E-state index is 0.461. The molecule has 10 heteroatoms. The SMILES string of the molecule is OC(c1ccc(-c2ccc(CN3CCN(CC4CCCNC4)CC3)cc2)cc1)(C(F)(F)F)C(F)(F)F. The maximum atomic E-state index is 13.1. The zero-order chi connectivity index (χ0) is 26.0. The topological polar surface area (TPSA) is 38.7 Å². The first-order chi connectivity index (χ1) is 17.0. The third-order valence-corrected chi connectivity index (χ3v) is 7.20. The standard InChI is InChI=1S/C26H31F6N3O/c27-25(28,29)24(36,26(30,31)32)23-9-7-22(8-10-23)21-5-3-19(4-6-21)17-34-12-14-35(15-13-34)18-20-2-1-11-33-16-20/h3-10,20,33,36H,1-2,11-18H2. The summed E-state index contributed by atoms with van der Waals surface area (Å²) in [5.74, 6) is 0.725. The van der Waals surface area contributed by atoms with Crippen LogP contribution in [0.3, 0.4) is 0 Å². The van der Waals surface area contributed by atoms with Gasteiger partial charge in [0.15, 0.2) is 0 Å². The van der Waals surface area contributed by atoms with Crippen LogP contribution in [-0.4, -0.2) is 73.1 Å². The molecule has 2 saturated heterocycles. The molecule has 1 unspecified atom stereocenters. The highest BCUT2D eigenvalue weighted by atomic mass is 19.4. The van der Waals surface area contributed by atoms with Gasteiger partial charge in [-0.25, -0.2) is 0 Å². The first kappa shape index (κ1) is 26.9. The molecular formula is C26H31F6N3O. The summed E-state index contributed by atoms with van der Waals surface area (Å²) >= 11 is 0. The highest BCUT2D eigenvalue weighted by Crippen LogP contribution is 2.50. The number of hydrogen-bond donors (Lipinski definition) is 2. The number of piperazine rings is 1. The highest BCUT2D eigenvalue weighted by molar-refractivity contribution is 5.64. The van der Waals surface area contributed by atoms with Crippen molar-refractivity contribution in [3.8, 4) is 11.1 Å². The Morgan fingerprint density at radius 3 is 1.81 bits per heavy atom. The van der Waals surface area contributed by atoms with Gasteiger partial charge in [0.25, 0.3) is 5.60 Å². The number of piperidine rings is 1. The van der Waals surface area contributed by atoms with E-state index in [4.69, 9.17) is 0 Å². The Balaban J connectivity index is 1.34. The third-order valence-electron chi connectivity index (χ3n) is 7.20. The van der Waals surface area contributed by atoms with Crippen molar-refractivity contribution in [2.75, 3.05) is 45.8 Å². The Morgan fingerprint density at radius 2 is 1.31 bits per heavy atom. The molecule has 0 bridgehead atoms. The van der Waals surface area contributed by atoms with E-state index in [1.54, 1.807) is 12.1 Å². The lowest BCUT2D eigenvalue weighted by atomic mass is 9.90. The van der Waals surface area contributed by atoms with Crippen LogP contribution in [0.1, 0.15) is 24.0 Å². The van der Waals surface area contributed by atoms with Gasteiger partial charge in [0.1, 0.15) is 0 Å². The minimum Gasteiger partial charge on any atom is -0.369 e. The fourth-order valence-electron chi connectivity index (χ4n) is 5.03. The Morgan fingerprint density at radius 1 is 0.778 bits per heavy atom. The van der Waals surface area contributed by atoms with Crippen LogP contribution in [0.25, 0.3) is 11.1 Å². The Kier molecular flexibility index (Phi) is 7.99. The predicted octanol–water partition coefficient (Wildman–Crippen LogP) is 4.78. The van der Waals surface area contributed by atoms with E-state index in [1.807, 2.05) is 12.1 Å². The average molecular weight is 516 g/mol. The number of nitrogens with one attached hydrogen (secondary N) is 1. The van der Waals surface area contributed by atoms with E-state index in [1.165, 1.54) is 12.8 Å². The molecule has 2 aliphatic rings. The van der Waals surface area contributed by atoms with Crippen LogP contribution in [0, 0.1) is 5.92 Å². The Bertz CT molecular complexity index is 963. The predicted molar refractivity (Wildman–Crippen MR) is 125 cm³/mol. The largest absolute Gasteiger partial charge is 0.430 e. The first-order valence-corrected chi connectivity index (χ1v) is 12.2. The zero-order valence-electron chi connectivity index (χ0n) is 19.9. The number of halogens is 6. The van der Waals surface area contributed by atoms with Gasteiger partial charge in [-0.05, 0) is 48.5 Å². The van der Waals surface area contributed by atoms with Crippen LogP contribution in [0.2, 0.25) is 0 Å². The molecule has 0 aromatic heterocycles. The van der Waals surface area contributed by atoms with Gasteiger partial charge in [0, 0.05) is 44.8 Å². The summed E-state index contributed by atoms with van der Waals surface area (Å²) in [7, 11) is 0. The summed E-state index contributed by atoms with van der Waals surface area (Å²) in [4.78, 5) is 4.91. The van der Waals surface area contributed by atoms with Crippen molar-refractivity contribution in [2.45, 2.75) is 37.3 Å². The summed E-state index contributed by atoms with van der Waals surface area (Å²) in [5.41, 5.74) is -3.97. The summed E-state index contributed by atoms with van der Waals surface area (Å²) in [6, 6.07) is 11.1. The van der Waals surface area contributed by atoms with Crippen molar-refractivity contribution in [2.24, 2.45) is 5.92 Å². The van der Waals surface area contributed by atoms with Crippen molar-refractivity contribution in [3.63, 3.8) is 0 Å². The molecule has 1 atom stereocenters. The Hall–Kier alpha value is -2.14. The number of rotatable bonds is 6. The normalized spacial score (nSPS) is 21.0. The van der Waals surface area contributed by atoms with E-state index in [0.29, 0.717) is 23.3 Å². The molecule has 0 spiro atoms. The lowest BCUT2D eigenvalue weighted by Gasteiger charge is -2.37. The number of aliphatic hydroxyl groups is 1. The van der Waals surface area contributed by atoms with E-state index >= 15 is 0 Å². The minimum atomic E-state index is -5.90. The lowest BCUT2D eigenvalue weighted by molar-refractivity contribution is -0.376. The van der Waals surface area contributed by atoms with E-state index in [-0.39, 0.29) is 0 Å². The fourth-order valence-corrected chi connectivity index (χ4v) is 5.03. The molecule has 2 aliphatic heterocycles. The van der Waals surface area contributed by atoms with Gasteiger partial charge >= 0.3 is 12.4 Å². The molecule has 2 heterocycles. The van der Waals surface area contributed by atoms with Crippen LogP contribution in [0.5, 0.6) is 0 Å². The number of alkyl halides is 6. The molecule has 0 aliphatic carbocycles. The van der Waals surface area contributed by atoms with Gasteiger partial charge in [-0.3, -0.25) is 4.90 Å². The average Bonchev–Trinajstić information content (AvgIpc) is 2.85. The maximum absolute atomic E-state index is 13.1. The summed E-state index contributed by atoms with van der Waals surface area (Å²) < 4.78 is 78.6. The van der Waals surface area contributed by atoms with E-state index < -0.39 is 23.5 Å². The molecule has 4 nitrogen and oxygen atoms in total. The fraction of sp³-hybridized carbons (Fsp3) is 0.538. The van der Waals surface area contributed by atoms with Crippen LogP contribution in [0.4, 0.5) is 26.3 Å². The van der Waals surface area contributed by atoms with E-state index in [2.05, 4.69) is 15.1 Å². The van der Waals surface area contributed by atoms with Crippen molar-refractivity contribution < 1.29 is 31.4 Å². The Labute approximate surface area is 206 Å². The zero-order valence-corrected chi connectivity index (χ0v) is 19.9. The molecule has 2 N–H and O–H groups in total. The van der Waals surface area contributed by atoms with Crippen LogP contribution >= 0.6 is 0 Å². The number of hydrogen-bond acceptors (Lipinski definition) is 4. The van der Waals surface area contributed by atoms with Gasteiger partial charge in [0.2, 0.25) is 0 Å². The molecule has 198 valence electrons. The summed E-state index contributed by atoms with van der Waals surface area (Å²) in [6.07, 6.45) is -9.26. The second-order valence-corrected chi connectivity index (χ2v) is 9.77. The maximum Gasteiger partial charge on any atom is 0.430 e. The molecule has 2 aromatic carbocycles. The van der Waals surface area contributed by atoms with Gasteiger partial charge < -0.3 is 15.3 Å². The van der Waals surface area contributed by atoms with Gasteiger partial charge in [-0.2, -0.15) is 26.3 Å². The van der Waals surface area contributed by atoms with Crippen LogP contribution < -0.4 is 5.32 Å². The quantitative estimate of drug-likeness (QED) is 0.544. The molecule has 2 aromatic rings. The molecule has 0 amide bonds. The highest BCUT2D eigenvalue weighted by Gasteiger charge is 2.71. The third kappa shape index (κ3) is 5.88. The van der Waals surface area contributed by atoms with Crippen LogP contribution in [0.15, 0.2) is 48.5 Å². The van der Waals surface area contributed by atoms with Gasteiger partial charge in [-0.1, -0.05) is 48.5 Å². The number of benzene rings is 2. The van der Waals surface area contributed by atoms with E-state index in [0.717, 1.165) is 76.0 Å². The molecule has 0 saturated carbocycles.